The van der Waals surface area contributed by atoms with E-state index >= 15 is 0 Å². The molecule has 0 radical (unpaired) electrons. The van der Waals surface area contributed by atoms with Crippen molar-refractivity contribution in [2.24, 2.45) is 5.92 Å². The summed E-state index contributed by atoms with van der Waals surface area (Å²) in [7, 11) is 0. The summed E-state index contributed by atoms with van der Waals surface area (Å²) in [6.45, 7) is 3.54. The lowest BCUT2D eigenvalue weighted by molar-refractivity contribution is -0.190. The number of aliphatic hydroxyl groups is 1. The Morgan fingerprint density at radius 2 is 2.06 bits per heavy atom. The fourth-order valence-electron chi connectivity index (χ4n) is 2.22. The SMILES string of the molecule is CC1CCC(CN(S)Cc2ccccc2)OC1O. The Morgan fingerprint density at radius 1 is 1.33 bits per heavy atom. The van der Waals surface area contributed by atoms with Crippen LogP contribution in [0.4, 0.5) is 0 Å². The van der Waals surface area contributed by atoms with Crippen molar-refractivity contribution in [2.75, 3.05) is 6.54 Å². The minimum Gasteiger partial charge on any atom is -0.368 e. The van der Waals surface area contributed by atoms with Gasteiger partial charge in [-0.1, -0.05) is 50.1 Å². The topological polar surface area (TPSA) is 32.7 Å². The second kappa shape index (κ2) is 6.57. The van der Waals surface area contributed by atoms with E-state index in [4.69, 9.17) is 4.74 Å². The van der Waals surface area contributed by atoms with Gasteiger partial charge in [0.15, 0.2) is 6.29 Å². The van der Waals surface area contributed by atoms with E-state index in [0.717, 1.165) is 25.9 Å². The standard InChI is InChI=1S/C14H21NO2S/c1-11-7-8-13(17-14(11)16)10-15(18)9-12-5-3-2-4-6-12/h2-6,11,13-14,16,18H,7-10H2,1H3. The molecule has 0 bridgehead atoms. The van der Waals surface area contributed by atoms with Crippen LogP contribution in [0.25, 0.3) is 0 Å². The van der Waals surface area contributed by atoms with E-state index in [9.17, 15) is 5.11 Å². The molecule has 1 heterocycles. The first-order valence-corrected chi connectivity index (χ1v) is 6.86. The Bertz CT molecular complexity index is 360. The lowest BCUT2D eigenvalue weighted by Crippen LogP contribution is -2.38. The summed E-state index contributed by atoms with van der Waals surface area (Å²) in [4.78, 5) is 0. The fourth-order valence-corrected chi connectivity index (χ4v) is 2.56. The van der Waals surface area contributed by atoms with Crippen molar-refractivity contribution in [3.8, 4) is 0 Å². The van der Waals surface area contributed by atoms with Crippen LogP contribution >= 0.6 is 12.8 Å². The van der Waals surface area contributed by atoms with Crippen LogP contribution in [-0.2, 0) is 11.3 Å². The molecule has 0 amide bonds. The minimum atomic E-state index is -0.623. The highest BCUT2D eigenvalue weighted by molar-refractivity contribution is 7.77. The van der Waals surface area contributed by atoms with E-state index in [1.165, 1.54) is 5.56 Å². The zero-order valence-corrected chi connectivity index (χ0v) is 11.6. The van der Waals surface area contributed by atoms with E-state index in [-0.39, 0.29) is 12.0 Å². The van der Waals surface area contributed by atoms with Gasteiger partial charge in [0.05, 0.1) is 6.10 Å². The molecular formula is C14H21NO2S. The second-order valence-electron chi connectivity index (χ2n) is 5.04. The smallest absolute Gasteiger partial charge is 0.157 e. The van der Waals surface area contributed by atoms with Crippen molar-refractivity contribution in [1.29, 1.82) is 0 Å². The Labute approximate surface area is 114 Å². The molecule has 0 spiro atoms. The molecular weight excluding hydrogens is 246 g/mol. The molecule has 1 aliphatic rings. The molecule has 100 valence electrons. The van der Waals surface area contributed by atoms with Gasteiger partial charge in [-0.15, -0.1) is 0 Å². The van der Waals surface area contributed by atoms with Gasteiger partial charge in [0.2, 0.25) is 0 Å². The molecule has 3 atom stereocenters. The third kappa shape index (κ3) is 3.99. The van der Waals surface area contributed by atoms with Crippen molar-refractivity contribution in [1.82, 2.24) is 4.31 Å². The average Bonchev–Trinajstić information content (AvgIpc) is 2.35. The van der Waals surface area contributed by atoms with E-state index in [1.807, 2.05) is 29.4 Å². The van der Waals surface area contributed by atoms with Gasteiger partial charge in [0.1, 0.15) is 0 Å². The van der Waals surface area contributed by atoms with Crippen LogP contribution in [-0.4, -0.2) is 28.4 Å². The predicted octanol–water partition coefficient (Wildman–Crippen LogP) is 2.47. The highest BCUT2D eigenvalue weighted by Crippen LogP contribution is 2.24. The van der Waals surface area contributed by atoms with Crippen molar-refractivity contribution >= 4 is 12.8 Å². The highest BCUT2D eigenvalue weighted by Gasteiger charge is 2.27. The molecule has 3 unspecified atom stereocenters. The molecule has 1 aromatic carbocycles. The molecule has 2 rings (SSSR count). The molecule has 1 aromatic rings. The maximum atomic E-state index is 9.69. The Balaban J connectivity index is 1.79. The van der Waals surface area contributed by atoms with Gasteiger partial charge in [-0.25, -0.2) is 4.31 Å². The monoisotopic (exact) mass is 267 g/mol. The van der Waals surface area contributed by atoms with Gasteiger partial charge in [-0.3, -0.25) is 0 Å². The maximum Gasteiger partial charge on any atom is 0.157 e. The van der Waals surface area contributed by atoms with Gasteiger partial charge in [0.25, 0.3) is 0 Å². The van der Waals surface area contributed by atoms with E-state index in [2.05, 4.69) is 24.9 Å². The van der Waals surface area contributed by atoms with Crippen LogP contribution in [0.5, 0.6) is 0 Å². The fraction of sp³-hybridized carbons (Fsp3) is 0.571. The first-order valence-electron chi connectivity index (χ1n) is 6.46. The van der Waals surface area contributed by atoms with Crippen molar-refractivity contribution in [3.63, 3.8) is 0 Å². The summed E-state index contributed by atoms with van der Waals surface area (Å²) >= 11 is 4.48. The summed E-state index contributed by atoms with van der Waals surface area (Å²) in [5.74, 6) is 0.240. The van der Waals surface area contributed by atoms with Crippen LogP contribution in [0, 0.1) is 5.92 Å². The number of hydrogen-bond donors (Lipinski definition) is 2. The second-order valence-corrected chi connectivity index (χ2v) is 5.60. The molecule has 3 nitrogen and oxygen atoms in total. The van der Waals surface area contributed by atoms with Crippen LogP contribution in [0.1, 0.15) is 25.3 Å². The number of thiol groups is 1. The predicted molar refractivity (Wildman–Crippen MR) is 75.1 cm³/mol. The zero-order chi connectivity index (χ0) is 13.0. The molecule has 18 heavy (non-hydrogen) atoms. The van der Waals surface area contributed by atoms with Gasteiger partial charge < -0.3 is 9.84 Å². The number of rotatable bonds is 4. The summed E-state index contributed by atoms with van der Waals surface area (Å²) in [6, 6.07) is 10.2. The van der Waals surface area contributed by atoms with Gasteiger partial charge >= 0.3 is 0 Å². The summed E-state index contributed by atoms with van der Waals surface area (Å²) in [6.07, 6.45) is 1.46. The van der Waals surface area contributed by atoms with Gasteiger partial charge in [-0.2, -0.15) is 0 Å². The third-order valence-electron chi connectivity index (χ3n) is 3.38. The Hall–Kier alpha value is -0.550. The lowest BCUT2D eigenvalue weighted by Gasteiger charge is -2.33. The number of nitrogens with zero attached hydrogens (tertiary/aromatic N) is 1. The zero-order valence-electron chi connectivity index (χ0n) is 10.7. The molecule has 1 aliphatic heterocycles. The first kappa shape index (κ1) is 13.9. The molecule has 0 aromatic heterocycles. The largest absolute Gasteiger partial charge is 0.368 e. The highest BCUT2D eigenvalue weighted by atomic mass is 32.1. The minimum absolute atomic E-state index is 0.0809. The molecule has 1 N–H and O–H groups in total. The molecule has 1 fully saturated rings. The maximum absolute atomic E-state index is 9.69. The summed E-state index contributed by atoms with van der Waals surface area (Å²) in [5, 5.41) is 9.69. The number of hydrogen-bond acceptors (Lipinski definition) is 4. The summed E-state index contributed by atoms with van der Waals surface area (Å²) in [5.41, 5.74) is 1.23. The van der Waals surface area contributed by atoms with Crippen molar-refractivity contribution in [3.05, 3.63) is 35.9 Å². The van der Waals surface area contributed by atoms with Crippen molar-refractivity contribution < 1.29 is 9.84 Å². The third-order valence-corrected chi connectivity index (χ3v) is 3.69. The van der Waals surface area contributed by atoms with Gasteiger partial charge in [0, 0.05) is 19.0 Å². The lowest BCUT2D eigenvalue weighted by atomic mass is 9.99. The van der Waals surface area contributed by atoms with E-state index in [0.29, 0.717) is 0 Å². The molecule has 0 aliphatic carbocycles. The van der Waals surface area contributed by atoms with E-state index < -0.39 is 6.29 Å². The molecule has 4 heteroatoms. The summed E-state index contributed by atoms with van der Waals surface area (Å²) < 4.78 is 7.52. The first-order chi connectivity index (χ1) is 8.65. The van der Waals surface area contributed by atoms with E-state index in [1.54, 1.807) is 0 Å². The normalized spacial score (nSPS) is 28.6. The Kier molecular flexibility index (Phi) is 5.06. The van der Waals surface area contributed by atoms with Crippen LogP contribution in [0.2, 0.25) is 0 Å². The number of benzene rings is 1. The van der Waals surface area contributed by atoms with Crippen molar-refractivity contribution in [2.45, 2.75) is 38.7 Å². The molecule has 0 saturated carbocycles. The van der Waals surface area contributed by atoms with Crippen LogP contribution < -0.4 is 0 Å². The number of ether oxygens (including phenoxy) is 1. The quantitative estimate of drug-likeness (QED) is 0.822. The van der Waals surface area contributed by atoms with Crippen LogP contribution in [0.15, 0.2) is 30.3 Å². The Morgan fingerprint density at radius 3 is 2.72 bits per heavy atom. The molecule has 1 saturated heterocycles. The average molecular weight is 267 g/mol. The number of aliphatic hydroxyl groups excluding tert-OH is 1. The van der Waals surface area contributed by atoms with Crippen LogP contribution in [0.3, 0.4) is 0 Å². The van der Waals surface area contributed by atoms with Gasteiger partial charge in [-0.05, 0) is 18.4 Å².